The van der Waals surface area contributed by atoms with E-state index in [-0.39, 0.29) is 0 Å². The first-order chi connectivity index (χ1) is 8.72. The van der Waals surface area contributed by atoms with Gasteiger partial charge in [0.25, 0.3) is 0 Å². The van der Waals surface area contributed by atoms with E-state index in [1.807, 2.05) is 0 Å². The lowest BCUT2D eigenvalue weighted by molar-refractivity contribution is -0.118. The number of thiophene rings is 1. The highest BCUT2D eigenvalue weighted by atomic mass is 32.1. The van der Waals surface area contributed by atoms with E-state index >= 15 is 0 Å². The van der Waals surface area contributed by atoms with E-state index in [1.165, 1.54) is 30.6 Å². The van der Waals surface area contributed by atoms with Crippen LogP contribution < -0.4 is 0 Å². The Morgan fingerprint density at radius 3 is 3.00 bits per heavy atom. The van der Waals surface area contributed by atoms with Crippen molar-refractivity contribution in [2.24, 2.45) is 0 Å². The number of ketones is 1. The molecule has 0 aromatic carbocycles. The van der Waals surface area contributed by atoms with Crippen LogP contribution in [0.15, 0.2) is 17.5 Å². The fraction of sp³-hybridized carbons (Fsp3) is 0.667. The number of hydrogen-bond acceptors (Lipinski definition) is 3. The Hall–Kier alpha value is -0.670. The predicted molar refractivity (Wildman–Crippen MR) is 77.0 cm³/mol. The largest absolute Gasteiger partial charge is 0.300 e. The lowest BCUT2D eigenvalue weighted by atomic mass is 9.95. The number of Topliss-reactive ketones (excluding diaryl/α,β-unsaturated/α-hetero) is 1. The average Bonchev–Trinajstić information content (AvgIpc) is 2.89. The van der Waals surface area contributed by atoms with E-state index in [0.717, 1.165) is 6.54 Å². The molecular formula is C15H23NOS. The van der Waals surface area contributed by atoms with Crippen LogP contribution in [0.2, 0.25) is 0 Å². The third-order valence-electron chi connectivity index (χ3n) is 3.90. The highest BCUT2D eigenvalue weighted by Gasteiger charge is 2.29. The van der Waals surface area contributed by atoms with E-state index in [4.69, 9.17) is 0 Å². The lowest BCUT2D eigenvalue weighted by Crippen LogP contribution is -2.42. The molecule has 100 valence electrons. The van der Waals surface area contributed by atoms with Crippen LogP contribution in [0.25, 0.3) is 0 Å². The number of likely N-dealkylation sites (tertiary alicyclic amines) is 1. The Labute approximate surface area is 114 Å². The molecule has 2 nitrogen and oxygen atoms in total. The summed E-state index contributed by atoms with van der Waals surface area (Å²) in [5.41, 5.74) is 0. The molecule has 0 N–H and O–H groups in total. The van der Waals surface area contributed by atoms with Crippen molar-refractivity contribution in [3.63, 3.8) is 0 Å². The molecule has 3 heteroatoms. The number of carbonyl (C=O) groups is 1. The van der Waals surface area contributed by atoms with Gasteiger partial charge in [-0.15, -0.1) is 11.3 Å². The SMILES string of the molecule is CCC1CCCCN1C(CC(C)=O)c1cccs1. The van der Waals surface area contributed by atoms with Crippen LogP contribution in [-0.2, 0) is 4.79 Å². The van der Waals surface area contributed by atoms with Crippen LogP contribution in [0.1, 0.15) is 56.9 Å². The fourth-order valence-corrected chi connectivity index (χ4v) is 3.85. The summed E-state index contributed by atoms with van der Waals surface area (Å²) in [7, 11) is 0. The zero-order valence-electron chi connectivity index (χ0n) is 11.4. The van der Waals surface area contributed by atoms with Crippen molar-refractivity contribution in [2.45, 2.75) is 58.0 Å². The van der Waals surface area contributed by atoms with Gasteiger partial charge in [0, 0.05) is 17.3 Å². The maximum absolute atomic E-state index is 11.6. The molecule has 2 unspecified atom stereocenters. The molecule has 1 saturated heterocycles. The van der Waals surface area contributed by atoms with Crippen LogP contribution >= 0.6 is 11.3 Å². The van der Waals surface area contributed by atoms with Gasteiger partial charge >= 0.3 is 0 Å². The molecule has 1 aromatic rings. The van der Waals surface area contributed by atoms with Crippen LogP contribution in [0.5, 0.6) is 0 Å². The van der Waals surface area contributed by atoms with Gasteiger partial charge in [-0.1, -0.05) is 19.4 Å². The summed E-state index contributed by atoms with van der Waals surface area (Å²) in [5.74, 6) is 0.300. The molecule has 0 amide bonds. The number of nitrogens with zero attached hydrogens (tertiary/aromatic N) is 1. The highest BCUT2D eigenvalue weighted by molar-refractivity contribution is 7.10. The van der Waals surface area contributed by atoms with Gasteiger partial charge in [0.2, 0.25) is 0 Å². The van der Waals surface area contributed by atoms with Crippen molar-refractivity contribution in [2.75, 3.05) is 6.54 Å². The highest BCUT2D eigenvalue weighted by Crippen LogP contribution is 2.34. The maximum atomic E-state index is 11.6. The lowest BCUT2D eigenvalue weighted by Gasteiger charge is -2.40. The zero-order valence-corrected chi connectivity index (χ0v) is 12.2. The molecule has 0 spiro atoms. The first kappa shape index (κ1) is 13.8. The Balaban J connectivity index is 2.19. The van der Waals surface area contributed by atoms with Crippen molar-refractivity contribution < 1.29 is 4.79 Å². The molecule has 0 saturated carbocycles. The second-order valence-corrected chi connectivity index (χ2v) is 6.21. The normalized spacial score (nSPS) is 22.9. The molecule has 1 aromatic heterocycles. The van der Waals surface area contributed by atoms with Gasteiger partial charge in [-0.25, -0.2) is 0 Å². The molecule has 0 radical (unpaired) electrons. The molecule has 0 bridgehead atoms. The van der Waals surface area contributed by atoms with Gasteiger partial charge in [0.05, 0.1) is 6.04 Å². The maximum Gasteiger partial charge on any atom is 0.131 e. The van der Waals surface area contributed by atoms with E-state index < -0.39 is 0 Å². The van der Waals surface area contributed by atoms with Crippen molar-refractivity contribution in [1.82, 2.24) is 4.90 Å². The van der Waals surface area contributed by atoms with Crippen LogP contribution in [0.4, 0.5) is 0 Å². The molecule has 1 aliphatic heterocycles. The Bertz CT molecular complexity index is 374. The van der Waals surface area contributed by atoms with E-state index in [9.17, 15) is 4.79 Å². The molecule has 2 heterocycles. The van der Waals surface area contributed by atoms with Crippen LogP contribution in [-0.4, -0.2) is 23.3 Å². The van der Waals surface area contributed by atoms with E-state index in [0.29, 0.717) is 24.3 Å². The van der Waals surface area contributed by atoms with Gasteiger partial charge in [0.1, 0.15) is 5.78 Å². The summed E-state index contributed by atoms with van der Waals surface area (Å²) >= 11 is 1.79. The molecule has 18 heavy (non-hydrogen) atoms. The minimum Gasteiger partial charge on any atom is -0.300 e. The number of carbonyl (C=O) groups excluding carboxylic acids is 1. The van der Waals surface area contributed by atoms with E-state index in [2.05, 4.69) is 29.3 Å². The fourth-order valence-electron chi connectivity index (χ4n) is 3.01. The second-order valence-electron chi connectivity index (χ2n) is 5.23. The number of rotatable bonds is 5. The Morgan fingerprint density at radius 1 is 1.56 bits per heavy atom. The van der Waals surface area contributed by atoms with Gasteiger partial charge in [-0.05, 0) is 44.2 Å². The topological polar surface area (TPSA) is 20.3 Å². The monoisotopic (exact) mass is 265 g/mol. The third-order valence-corrected chi connectivity index (χ3v) is 4.87. The quantitative estimate of drug-likeness (QED) is 0.801. The first-order valence-corrected chi connectivity index (χ1v) is 7.89. The number of hydrogen-bond donors (Lipinski definition) is 0. The van der Waals surface area contributed by atoms with Crippen molar-refractivity contribution in [3.8, 4) is 0 Å². The molecule has 0 aliphatic carbocycles. The van der Waals surface area contributed by atoms with Gasteiger partial charge in [0.15, 0.2) is 0 Å². The minimum atomic E-state index is 0.300. The second kappa shape index (κ2) is 6.48. The molecule has 2 atom stereocenters. The summed E-state index contributed by atoms with van der Waals surface area (Å²) in [5, 5.41) is 2.12. The van der Waals surface area contributed by atoms with Crippen LogP contribution in [0.3, 0.4) is 0 Å². The summed E-state index contributed by atoms with van der Waals surface area (Å²) in [6, 6.07) is 5.25. The van der Waals surface area contributed by atoms with Gasteiger partial charge in [-0.3, -0.25) is 9.69 Å². The summed E-state index contributed by atoms with van der Waals surface area (Å²) in [6.07, 6.45) is 5.76. The van der Waals surface area contributed by atoms with Crippen molar-refractivity contribution >= 4 is 17.1 Å². The Morgan fingerprint density at radius 2 is 2.39 bits per heavy atom. The average molecular weight is 265 g/mol. The minimum absolute atomic E-state index is 0.300. The first-order valence-electron chi connectivity index (χ1n) is 7.01. The summed E-state index contributed by atoms with van der Waals surface area (Å²) in [4.78, 5) is 15.5. The standard InChI is InChI=1S/C15H23NOS/c1-3-13-7-4-5-9-16(13)14(11-12(2)17)15-8-6-10-18-15/h6,8,10,13-14H,3-5,7,9,11H2,1-2H3. The summed E-state index contributed by atoms with van der Waals surface area (Å²) in [6.45, 7) is 5.13. The molecular weight excluding hydrogens is 242 g/mol. The molecule has 1 aliphatic rings. The zero-order chi connectivity index (χ0) is 13.0. The summed E-state index contributed by atoms with van der Waals surface area (Å²) < 4.78 is 0. The van der Waals surface area contributed by atoms with Gasteiger partial charge in [-0.2, -0.15) is 0 Å². The number of piperidine rings is 1. The smallest absolute Gasteiger partial charge is 0.131 e. The predicted octanol–water partition coefficient (Wildman–Crippen LogP) is 4.03. The Kier molecular flexibility index (Phi) is 4.95. The molecule has 2 rings (SSSR count). The van der Waals surface area contributed by atoms with Crippen molar-refractivity contribution in [3.05, 3.63) is 22.4 Å². The van der Waals surface area contributed by atoms with E-state index in [1.54, 1.807) is 18.3 Å². The molecule has 1 fully saturated rings. The van der Waals surface area contributed by atoms with Crippen molar-refractivity contribution in [1.29, 1.82) is 0 Å². The third kappa shape index (κ3) is 3.21. The van der Waals surface area contributed by atoms with Gasteiger partial charge < -0.3 is 0 Å². The van der Waals surface area contributed by atoms with Crippen LogP contribution in [0, 0.1) is 0 Å².